The molecule has 21 valence electrons. The van der Waals surface area contributed by atoms with E-state index in [0.717, 1.165) is 0 Å². The quantitative estimate of drug-likeness (QED) is 0.303. The molecule has 0 saturated carbocycles. The van der Waals surface area contributed by atoms with Crippen molar-refractivity contribution in [3.05, 3.63) is 0 Å². The summed E-state index contributed by atoms with van der Waals surface area (Å²) in [4.78, 5) is 0. The van der Waals surface area contributed by atoms with Gasteiger partial charge in [0.05, 0.1) is 0 Å². The van der Waals surface area contributed by atoms with Crippen LogP contribution in [0.15, 0.2) is 0 Å². The first-order valence-electron chi connectivity index (χ1n) is 0. The third-order valence-electron chi connectivity index (χ3n) is 0. The first-order valence-corrected chi connectivity index (χ1v) is 0. The summed E-state index contributed by atoms with van der Waals surface area (Å²) >= 11 is 0. The maximum absolute atomic E-state index is 0. The van der Waals surface area contributed by atoms with E-state index in [9.17, 15) is 0 Å². The maximum Gasteiger partial charge on any atom is 1.00 e. The van der Waals surface area contributed by atoms with Gasteiger partial charge in [-0.1, -0.05) is 0 Å². The Morgan fingerprint density at radius 3 is 0.750 bits per heavy atom. The van der Waals surface area contributed by atoms with Crippen molar-refractivity contribution in [1.82, 2.24) is 0 Å². The monoisotopic (exact) mass is 122 g/mol. The van der Waals surface area contributed by atoms with Crippen molar-refractivity contribution in [2.24, 2.45) is 0 Å². The molecule has 0 heterocycles. The van der Waals surface area contributed by atoms with Crippen molar-refractivity contribution in [3.8, 4) is 0 Å². The maximum atomic E-state index is 0. The van der Waals surface area contributed by atoms with Gasteiger partial charge in [-0.05, 0) is 0 Å². The van der Waals surface area contributed by atoms with Gasteiger partial charge in [-0.2, -0.15) is 0 Å². The minimum atomic E-state index is 0. The molecule has 0 saturated heterocycles. The van der Waals surface area contributed by atoms with E-state index < -0.39 is 0 Å². The van der Waals surface area contributed by atoms with E-state index in [0.29, 0.717) is 0 Å². The van der Waals surface area contributed by atoms with Crippen molar-refractivity contribution >= 4 is 0 Å². The van der Waals surface area contributed by atoms with Crippen LogP contribution in [0.4, 0.5) is 0 Å². The fourth-order valence-electron chi connectivity index (χ4n) is 0. The van der Waals surface area contributed by atoms with Crippen LogP contribution in [0.5, 0.6) is 0 Å². The van der Waals surface area contributed by atoms with E-state index in [1.165, 1.54) is 0 Å². The molecule has 0 rings (SSSR count). The second-order valence-electron chi connectivity index (χ2n) is 0. The number of hydrogen-bond acceptors (Lipinski definition) is 0. The van der Waals surface area contributed by atoms with Gasteiger partial charge in [0, 0.05) is 18.6 Å². The fraction of sp³-hybridized carbons (Fsp3) is 0. The van der Waals surface area contributed by atoms with Crippen molar-refractivity contribution in [1.29, 1.82) is 0 Å². The molecule has 1 radical (unpaired) electrons. The molecule has 0 spiro atoms. The van der Waals surface area contributed by atoms with Crippen LogP contribution < -0.4 is 51.4 Å². The fourth-order valence-corrected chi connectivity index (χ4v) is 0. The van der Waals surface area contributed by atoms with Crippen molar-refractivity contribution in [3.63, 3.8) is 0 Å². The summed E-state index contributed by atoms with van der Waals surface area (Å²) < 4.78 is 0. The van der Waals surface area contributed by atoms with Crippen molar-refractivity contribution in [2.75, 3.05) is 0 Å². The molecule has 0 atom stereocenters. The van der Waals surface area contributed by atoms with Crippen LogP contribution in [0.3, 0.4) is 0 Å². The SMILES string of the molecule is [K+].[O-2].[O-2].[V]. The second kappa shape index (κ2) is 19.2. The van der Waals surface area contributed by atoms with Crippen LogP contribution in [-0.4, -0.2) is 0 Å². The van der Waals surface area contributed by atoms with Crippen LogP contribution >= 0.6 is 0 Å². The van der Waals surface area contributed by atoms with Crippen LogP contribution in [0, 0.1) is 0 Å². The molecule has 4 heteroatoms. The van der Waals surface area contributed by atoms with E-state index in [1.54, 1.807) is 0 Å². The van der Waals surface area contributed by atoms with E-state index >= 15 is 0 Å². The zero-order valence-electron chi connectivity index (χ0n) is 2.26. The largest absolute Gasteiger partial charge is 2.00 e. The summed E-state index contributed by atoms with van der Waals surface area (Å²) in [6, 6.07) is 0. The van der Waals surface area contributed by atoms with Gasteiger partial charge in [0.1, 0.15) is 0 Å². The van der Waals surface area contributed by atoms with Crippen molar-refractivity contribution in [2.45, 2.75) is 0 Å². The molecule has 0 amide bonds. The molecule has 0 aromatic rings. The summed E-state index contributed by atoms with van der Waals surface area (Å²) in [7, 11) is 0. The topological polar surface area (TPSA) is 57.0 Å². The summed E-state index contributed by atoms with van der Waals surface area (Å²) in [5, 5.41) is 0. The Labute approximate surface area is 79.3 Å². The molecule has 0 aliphatic rings. The molecule has 2 nitrogen and oxygen atoms in total. The van der Waals surface area contributed by atoms with Crippen LogP contribution in [0.1, 0.15) is 0 Å². The Balaban J connectivity index is 0. The van der Waals surface area contributed by atoms with Crippen LogP contribution in [0.2, 0.25) is 0 Å². The van der Waals surface area contributed by atoms with Gasteiger partial charge >= 0.3 is 51.4 Å². The third-order valence-corrected chi connectivity index (χ3v) is 0. The predicted molar refractivity (Wildman–Crippen MR) is 1.37 cm³/mol. The Bertz CT molecular complexity index is 6.00. The molecular formula is KO2V-3. The minimum Gasteiger partial charge on any atom is -2.00 e. The predicted octanol–water partition coefficient (Wildman–Crippen LogP) is -3.24. The minimum absolute atomic E-state index is 0. The summed E-state index contributed by atoms with van der Waals surface area (Å²) in [6.45, 7) is 0. The normalized spacial score (nSPS) is 0. The zero-order valence-corrected chi connectivity index (χ0v) is 6.78. The van der Waals surface area contributed by atoms with E-state index in [2.05, 4.69) is 0 Å². The molecule has 0 bridgehead atoms. The molecule has 0 aromatic heterocycles. The third kappa shape index (κ3) is 8.91. The average Bonchev–Trinajstić information content (AvgIpc) is 0. The molecule has 4 heavy (non-hydrogen) atoms. The average molecular weight is 122 g/mol. The number of rotatable bonds is 0. The second-order valence-corrected chi connectivity index (χ2v) is 0. The van der Waals surface area contributed by atoms with Crippen LogP contribution in [-0.2, 0) is 29.5 Å². The van der Waals surface area contributed by atoms with Gasteiger partial charge in [0.15, 0.2) is 0 Å². The Hall–Kier alpha value is 2.14. The summed E-state index contributed by atoms with van der Waals surface area (Å²) in [6.07, 6.45) is 0. The van der Waals surface area contributed by atoms with Gasteiger partial charge in [0.25, 0.3) is 0 Å². The summed E-state index contributed by atoms with van der Waals surface area (Å²) in [5.41, 5.74) is 0. The Morgan fingerprint density at radius 2 is 0.750 bits per heavy atom. The molecule has 0 aliphatic carbocycles. The van der Waals surface area contributed by atoms with Gasteiger partial charge in [-0.15, -0.1) is 0 Å². The van der Waals surface area contributed by atoms with E-state index in [-0.39, 0.29) is 80.9 Å². The van der Waals surface area contributed by atoms with Crippen LogP contribution in [0.25, 0.3) is 0 Å². The van der Waals surface area contributed by atoms with E-state index in [4.69, 9.17) is 0 Å². The molecule has 0 aliphatic heterocycles. The molecule has 0 N–H and O–H groups in total. The Kier molecular flexibility index (Phi) is 170. The standard InChI is InChI=1S/K.2O.V/q+1;2*-2;. The summed E-state index contributed by atoms with van der Waals surface area (Å²) in [5.74, 6) is 0. The van der Waals surface area contributed by atoms with Crippen molar-refractivity contribution < 1.29 is 80.9 Å². The van der Waals surface area contributed by atoms with E-state index in [1.807, 2.05) is 0 Å². The molecule has 0 aromatic carbocycles. The van der Waals surface area contributed by atoms with Gasteiger partial charge < -0.3 is 11.0 Å². The molecular weight excluding hydrogens is 122 g/mol. The molecule has 0 fully saturated rings. The zero-order chi connectivity index (χ0) is 0. The number of hydrogen-bond donors (Lipinski definition) is 0. The first kappa shape index (κ1) is 35.4. The van der Waals surface area contributed by atoms with Gasteiger partial charge in [-0.3, -0.25) is 0 Å². The Morgan fingerprint density at radius 1 is 0.750 bits per heavy atom. The van der Waals surface area contributed by atoms with Gasteiger partial charge in [0.2, 0.25) is 0 Å². The first-order chi connectivity index (χ1) is 0. The smallest absolute Gasteiger partial charge is 1.00 e. The molecule has 0 unspecified atom stereocenters. The van der Waals surface area contributed by atoms with Gasteiger partial charge in [-0.25, -0.2) is 0 Å².